The Hall–Kier alpha value is -1.69. The molecule has 0 radical (unpaired) electrons. The van der Waals surface area contributed by atoms with Crippen LogP contribution in [0.3, 0.4) is 0 Å². The molecular weight excluding hydrogens is 242 g/mol. The summed E-state index contributed by atoms with van der Waals surface area (Å²) in [4.78, 5) is 20.4. The summed E-state index contributed by atoms with van der Waals surface area (Å²) in [7, 11) is 0. The van der Waals surface area contributed by atoms with Crippen LogP contribution in [-0.2, 0) is 6.42 Å². The van der Waals surface area contributed by atoms with E-state index in [-0.39, 0.29) is 5.56 Å². The molecule has 6 nitrogen and oxygen atoms in total. The standard InChI is InChI=1S/C13H21N5O/c1-8(2)4-10(7-14)6-11-16-13-15-9(3)5-12(19)18(13)17-11/h5,8,10H,4,6-7,14H2,1-3H3,(H,15,16,17). The second kappa shape index (κ2) is 5.52. The summed E-state index contributed by atoms with van der Waals surface area (Å²) in [6.07, 6.45) is 1.80. The van der Waals surface area contributed by atoms with Crippen molar-refractivity contribution in [3.8, 4) is 0 Å². The van der Waals surface area contributed by atoms with Crippen molar-refractivity contribution >= 4 is 5.78 Å². The van der Waals surface area contributed by atoms with E-state index >= 15 is 0 Å². The summed E-state index contributed by atoms with van der Waals surface area (Å²) in [6.45, 7) is 6.77. The molecule has 2 heterocycles. The van der Waals surface area contributed by atoms with Crippen LogP contribution in [0.5, 0.6) is 0 Å². The van der Waals surface area contributed by atoms with E-state index in [0.717, 1.165) is 18.7 Å². The highest BCUT2D eigenvalue weighted by Crippen LogP contribution is 2.14. The van der Waals surface area contributed by atoms with Gasteiger partial charge in [-0.25, -0.2) is 4.98 Å². The van der Waals surface area contributed by atoms with Crippen molar-refractivity contribution < 1.29 is 0 Å². The van der Waals surface area contributed by atoms with Gasteiger partial charge in [0.15, 0.2) is 0 Å². The predicted octanol–water partition coefficient (Wildman–Crippen LogP) is 0.890. The highest BCUT2D eigenvalue weighted by Gasteiger charge is 2.14. The number of nitrogens with two attached hydrogens (primary N) is 1. The van der Waals surface area contributed by atoms with Crippen LogP contribution in [0.4, 0.5) is 0 Å². The maximum atomic E-state index is 11.8. The molecule has 0 saturated carbocycles. The quantitative estimate of drug-likeness (QED) is 0.838. The summed E-state index contributed by atoms with van der Waals surface area (Å²) < 4.78 is 1.38. The van der Waals surface area contributed by atoms with Gasteiger partial charge >= 0.3 is 0 Å². The van der Waals surface area contributed by atoms with Gasteiger partial charge in [0, 0.05) is 18.2 Å². The summed E-state index contributed by atoms with van der Waals surface area (Å²) in [5.74, 6) is 2.17. The SMILES string of the molecule is Cc1cc(=O)n2[nH]c(CC(CN)CC(C)C)nc2n1. The number of aromatic nitrogens is 4. The number of hydrogen-bond acceptors (Lipinski definition) is 4. The van der Waals surface area contributed by atoms with E-state index in [0.29, 0.717) is 29.9 Å². The largest absolute Gasteiger partial charge is 0.330 e. The fourth-order valence-corrected chi connectivity index (χ4v) is 2.33. The Morgan fingerprint density at radius 2 is 2.16 bits per heavy atom. The minimum Gasteiger partial charge on any atom is -0.330 e. The van der Waals surface area contributed by atoms with E-state index in [4.69, 9.17) is 5.73 Å². The molecule has 3 N–H and O–H groups in total. The van der Waals surface area contributed by atoms with E-state index < -0.39 is 0 Å². The third kappa shape index (κ3) is 3.20. The number of aryl methyl sites for hydroxylation is 1. The first-order valence-electron chi connectivity index (χ1n) is 6.65. The fraction of sp³-hybridized carbons (Fsp3) is 0.615. The van der Waals surface area contributed by atoms with Crippen LogP contribution < -0.4 is 11.3 Å². The molecule has 6 heteroatoms. The van der Waals surface area contributed by atoms with Gasteiger partial charge in [0.2, 0.25) is 0 Å². The van der Waals surface area contributed by atoms with Gasteiger partial charge in [0.05, 0.1) is 0 Å². The molecule has 0 saturated heterocycles. The van der Waals surface area contributed by atoms with Gasteiger partial charge in [-0.15, -0.1) is 0 Å². The van der Waals surface area contributed by atoms with Gasteiger partial charge in [0.1, 0.15) is 5.82 Å². The lowest BCUT2D eigenvalue weighted by atomic mass is 9.94. The molecule has 0 bridgehead atoms. The Balaban J connectivity index is 2.26. The maximum Gasteiger partial charge on any atom is 0.274 e. The molecule has 104 valence electrons. The molecule has 0 amide bonds. The maximum absolute atomic E-state index is 11.8. The van der Waals surface area contributed by atoms with Gasteiger partial charge < -0.3 is 5.73 Å². The Bertz CT molecular complexity index is 613. The Kier molecular flexibility index (Phi) is 3.99. The van der Waals surface area contributed by atoms with Gasteiger partial charge in [-0.1, -0.05) is 13.8 Å². The van der Waals surface area contributed by atoms with E-state index in [9.17, 15) is 4.79 Å². The van der Waals surface area contributed by atoms with Gasteiger partial charge in [-0.3, -0.25) is 9.89 Å². The summed E-state index contributed by atoms with van der Waals surface area (Å²) in [5.41, 5.74) is 6.34. The van der Waals surface area contributed by atoms with Crippen molar-refractivity contribution in [2.45, 2.75) is 33.6 Å². The summed E-state index contributed by atoms with van der Waals surface area (Å²) >= 11 is 0. The zero-order valence-corrected chi connectivity index (χ0v) is 11.7. The number of hydrogen-bond donors (Lipinski definition) is 2. The number of fused-ring (bicyclic) bond motifs is 1. The molecule has 2 aromatic rings. The molecule has 0 aliphatic rings. The highest BCUT2D eigenvalue weighted by atomic mass is 16.1. The van der Waals surface area contributed by atoms with Crippen LogP contribution in [0.1, 0.15) is 31.8 Å². The van der Waals surface area contributed by atoms with Crippen molar-refractivity contribution in [1.29, 1.82) is 0 Å². The van der Waals surface area contributed by atoms with Gasteiger partial charge in [0.25, 0.3) is 11.3 Å². The number of nitrogens with zero attached hydrogens (tertiary/aromatic N) is 3. The minimum atomic E-state index is -0.130. The fourth-order valence-electron chi connectivity index (χ4n) is 2.33. The Morgan fingerprint density at radius 3 is 2.79 bits per heavy atom. The summed E-state index contributed by atoms with van der Waals surface area (Å²) in [5, 5.41) is 3.00. The Morgan fingerprint density at radius 1 is 1.42 bits per heavy atom. The molecule has 1 atom stereocenters. The minimum absolute atomic E-state index is 0.130. The van der Waals surface area contributed by atoms with E-state index in [1.807, 2.05) is 0 Å². The van der Waals surface area contributed by atoms with E-state index in [1.165, 1.54) is 10.6 Å². The van der Waals surface area contributed by atoms with Crippen molar-refractivity contribution in [3.05, 3.63) is 27.9 Å². The molecule has 0 aliphatic heterocycles. The van der Waals surface area contributed by atoms with Crippen LogP contribution in [0.2, 0.25) is 0 Å². The monoisotopic (exact) mass is 263 g/mol. The third-order valence-corrected chi connectivity index (χ3v) is 3.13. The molecule has 0 fully saturated rings. The number of rotatable bonds is 5. The van der Waals surface area contributed by atoms with Crippen LogP contribution >= 0.6 is 0 Å². The molecule has 1 unspecified atom stereocenters. The van der Waals surface area contributed by atoms with E-state index in [2.05, 4.69) is 28.9 Å². The molecule has 2 rings (SSSR count). The zero-order chi connectivity index (χ0) is 14.0. The third-order valence-electron chi connectivity index (χ3n) is 3.13. The number of nitrogens with one attached hydrogen (secondary N) is 1. The van der Waals surface area contributed by atoms with Crippen molar-refractivity contribution in [1.82, 2.24) is 19.6 Å². The van der Waals surface area contributed by atoms with Crippen LogP contribution in [-0.4, -0.2) is 26.1 Å². The van der Waals surface area contributed by atoms with Crippen LogP contribution in [0, 0.1) is 18.8 Å². The van der Waals surface area contributed by atoms with E-state index in [1.54, 1.807) is 6.92 Å². The van der Waals surface area contributed by atoms with Gasteiger partial charge in [-0.05, 0) is 31.7 Å². The molecule has 0 aromatic carbocycles. The average Bonchev–Trinajstić information content (AvgIpc) is 2.70. The number of H-pyrrole nitrogens is 1. The van der Waals surface area contributed by atoms with Crippen molar-refractivity contribution in [2.75, 3.05) is 6.54 Å². The highest BCUT2D eigenvalue weighted by molar-refractivity contribution is 5.27. The average molecular weight is 263 g/mol. The topological polar surface area (TPSA) is 89.1 Å². The lowest BCUT2D eigenvalue weighted by Crippen LogP contribution is -2.19. The lowest BCUT2D eigenvalue weighted by molar-refractivity contribution is 0.408. The zero-order valence-electron chi connectivity index (χ0n) is 11.7. The van der Waals surface area contributed by atoms with Crippen molar-refractivity contribution in [2.24, 2.45) is 17.6 Å². The van der Waals surface area contributed by atoms with Gasteiger partial charge in [-0.2, -0.15) is 9.50 Å². The first-order chi connectivity index (χ1) is 8.99. The molecule has 2 aromatic heterocycles. The second-order valence-electron chi connectivity index (χ2n) is 5.48. The smallest absolute Gasteiger partial charge is 0.274 e. The van der Waals surface area contributed by atoms with Crippen molar-refractivity contribution in [3.63, 3.8) is 0 Å². The Labute approximate surface area is 112 Å². The number of aromatic amines is 1. The predicted molar refractivity (Wildman–Crippen MR) is 74.0 cm³/mol. The molecular formula is C13H21N5O. The molecule has 19 heavy (non-hydrogen) atoms. The normalized spacial score (nSPS) is 13.3. The van der Waals surface area contributed by atoms with Crippen LogP contribution in [0.25, 0.3) is 5.78 Å². The molecule has 0 spiro atoms. The molecule has 0 aliphatic carbocycles. The first-order valence-corrected chi connectivity index (χ1v) is 6.65. The van der Waals surface area contributed by atoms with Crippen LogP contribution in [0.15, 0.2) is 10.9 Å². The first kappa shape index (κ1) is 13.7. The second-order valence-corrected chi connectivity index (χ2v) is 5.48. The lowest BCUT2D eigenvalue weighted by Gasteiger charge is -2.15. The summed E-state index contributed by atoms with van der Waals surface area (Å²) in [6, 6.07) is 1.49.